The van der Waals surface area contributed by atoms with E-state index in [0.29, 0.717) is 11.4 Å². The molecule has 1 aromatic rings. The zero-order valence-electron chi connectivity index (χ0n) is 7.45. The molecular formula is C9H7ClN2O2. The van der Waals surface area contributed by atoms with E-state index in [0.717, 1.165) is 6.29 Å². The lowest BCUT2D eigenvalue weighted by atomic mass is 10.3. The molecule has 0 saturated carbocycles. The number of aromatic nitrogens is 2. The number of methoxy groups -OCH3 is 1. The third-order valence-corrected chi connectivity index (χ3v) is 1.51. The van der Waals surface area contributed by atoms with E-state index < -0.39 is 0 Å². The molecule has 72 valence electrons. The van der Waals surface area contributed by atoms with Crippen LogP contribution in [0.3, 0.4) is 0 Å². The predicted molar refractivity (Wildman–Crippen MR) is 51.2 cm³/mol. The highest BCUT2D eigenvalue weighted by atomic mass is 35.5. The van der Waals surface area contributed by atoms with Crippen LogP contribution >= 0.6 is 11.6 Å². The molecule has 0 saturated heterocycles. The topological polar surface area (TPSA) is 52.1 Å². The zero-order chi connectivity index (χ0) is 10.4. The predicted octanol–water partition coefficient (Wildman–Crippen LogP) is 1.08. The number of ether oxygens (including phenoxy) is 1. The van der Waals surface area contributed by atoms with E-state index in [9.17, 15) is 4.79 Å². The smallest absolute Gasteiger partial charge is 0.233 e. The fraction of sp³-hybridized carbons (Fsp3) is 0.222. The lowest BCUT2D eigenvalue weighted by Crippen LogP contribution is -1.94. The molecule has 4 nitrogen and oxygen atoms in total. The summed E-state index contributed by atoms with van der Waals surface area (Å²) in [6.07, 6.45) is 2.34. The van der Waals surface area contributed by atoms with E-state index in [2.05, 4.69) is 21.8 Å². The van der Waals surface area contributed by atoms with E-state index in [4.69, 9.17) is 16.3 Å². The van der Waals surface area contributed by atoms with Crippen molar-refractivity contribution in [3.05, 3.63) is 17.0 Å². The molecule has 0 atom stereocenters. The number of halogens is 1. The lowest BCUT2D eigenvalue weighted by Gasteiger charge is -2.00. The molecular weight excluding hydrogens is 204 g/mol. The van der Waals surface area contributed by atoms with Gasteiger partial charge in [0, 0.05) is 0 Å². The molecule has 0 aromatic carbocycles. The van der Waals surface area contributed by atoms with Crippen molar-refractivity contribution in [1.29, 1.82) is 0 Å². The van der Waals surface area contributed by atoms with Crippen LogP contribution in [0.4, 0.5) is 0 Å². The Bertz CT molecular complexity index is 396. The van der Waals surface area contributed by atoms with E-state index in [1.165, 1.54) is 13.3 Å². The van der Waals surface area contributed by atoms with Crippen LogP contribution in [0.25, 0.3) is 0 Å². The molecule has 0 N–H and O–H groups in total. The van der Waals surface area contributed by atoms with Crippen LogP contribution in [0.1, 0.15) is 12.0 Å². The van der Waals surface area contributed by atoms with E-state index >= 15 is 0 Å². The molecule has 1 heterocycles. The van der Waals surface area contributed by atoms with Gasteiger partial charge in [0.2, 0.25) is 11.2 Å². The van der Waals surface area contributed by atoms with Gasteiger partial charge in [0.05, 0.1) is 19.7 Å². The van der Waals surface area contributed by atoms with Crippen molar-refractivity contribution < 1.29 is 9.53 Å². The van der Waals surface area contributed by atoms with Crippen molar-refractivity contribution >= 4 is 17.9 Å². The molecule has 0 aliphatic heterocycles. The summed E-state index contributed by atoms with van der Waals surface area (Å²) in [6, 6.07) is 0. The first kappa shape index (κ1) is 10.5. The van der Waals surface area contributed by atoms with Crippen LogP contribution in [-0.4, -0.2) is 23.4 Å². The molecule has 0 fully saturated rings. The van der Waals surface area contributed by atoms with Crippen molar-refractivity contribution in [2.75, 3.05) is 7.11 Å². The Balaban J connectivity index is 2.97. The number of carbonyl (C=O) groups excluding carboxylic acids is 1. The normalized spacial score (nSPS) is 8.71. The molecule has 1 aromatic heterocycles. The van der Waals surface area contributed by atoms with Crippen LogP contribution in [0, 0.1) is 11.8 Å². The molecule has 0 aliphatic carbocycles. The Labute approximate surface area is 86.3 Å². The minimum absolute atomic E-state index is 0.0998. The average molecular weight is 211 g/mol. The molecule has 1 rings (SSSR count). The van der Waals surface area contributed by atoms with Gasteiger partial charge < -0.3 is 9.53 Å². The molecule has 14 heavy (non-hydrogen) atoms. The van der Waals surface area contributed by atoms with Gasteiger partial charge in [-0.3, -0.25) is 0 Å². The summed E-state index contributed by atoms with van der Waals surface area (Å²) in [4.78, 5) is 17.6. The summed E-state index contributed by atoms with van der Waals surface area (Å²) in [6.45, 7) is 0. The Morgan fingerprint density at radius 2 is 2.50 bits per heavy atom. The first-order valence-corrected chi connectivity index (χ1v) is 4.14. The molecule has 5 heteroatoms. The van der Waals surface area contributed by atoms with Gasteiger partial charge in [-0.15, -0.1) is 0 Å². The van der Waals surface area contributed by atoms with Gasteiger partial charge >= 0.3 is 0 Å². The fourth-order valence-electron chi connectivity index (χ4n) is 0.775. The van der Waals surface area contributed by atoms with Crippen LogP contribution < -0.4 is 4.74 Å². The average Bonchev–Trinajstić information content (AvgIpc) is 2.20. The highest BCUT2D eigenvalue weighted by molar-refractivity contribution is 6.28. The SMILES string of the molecule is COc1nc(Cl)ncc1C#CCC=O. The summed E-state index contributed by atoms with van der Waals surface area (Å²) in [7, 11) is 1.46. The second-order valence-electron chi connectivity index (χ2n) is 2.23. The summed E-state index contributed by atoms with van der Waals surface area (Å²) in [5, 5.41) is 0.0998. The first-order valence-electron chi connectivity index (χ1n) is 3.77. The molecule has 0 amide bonds. The van der Waals surface area contributed by atoms with Gasteiger partial charge in [-0.1, -0.05) is 11.8 Å². The van der Waals surface area contributed by atoms with Crippen LogP contribution in [0.5, 0.6) is 5.88 Å². The number of rotatable bonds is 2. The Morgan fingerprint density at radius 1 is 1.71 bits per heavy atom. The Hall–Kier alpha value is -1.60. The van der Waals surface area contributed by atoms with Gasteiger partial charge in [0.25, 0.3) is 0 Å². The summed E-state index contributed by atoms with van der Waals surface area (Å²) >= 11 is 5.55. The molecule has 0 unspecified atom stereocenters. The molecule has 0 aliphatic rings. The van der Waals surface area contributed by atoms with E-state index in [-0.39, 0.29) is 11.7 Å². The zero-order valence-corrected chi connectivity index (χ0v) is 8.21. The van der Waals surface area contributed by atoms with Crippen LogP contribution in [-0.2, 0) is 4.79 Å². The number of nitrogens with zero attached hydrogens (tertiary/aromatic N) is 2. The molecule has 0 bridgehead atoms. The second kappa shape index (κ2) is 5.20. The summed E-state index contributed by atoms with van der Waals surface area (Å²) in [5.41, 5.74) is 0.513. The van der Waals surface area contributed by atoms with Crippen molar-refractivity contribution in [2.24, 2.45) is 0 Å². The maximum atomic E-state index is 10.0. The number of hydrogen-bond donors (Lipinski definition) is 0. The van der Waals surface area contributed by atoms with Crippen molar-refractivity contribution in [1.82, 2.24) is 9.97 Å². The first-order chi connectivity index (χ1) is 6.77. The number of aldehydes is 1. The quantitative estimate of drug-likeness (QED) is 0.416. The minimum atomic E-state index is 0.0998. The highest BCUT2D eigenvalue weighted by Crippen LogP contribution is 2.14. The third-order valence-electron chi connectivity index (χ3n) is 1.33. The van der Waals surface area contributed by atoms with Crippen LogP contribution in [0.15, 0.2) is 6.20 Å². The van der Waals surface area contributed by atoms with Crippen molar-refractivity contribution in [2.45, 2.75) is 6.42 Å². The maximum Gasteiger partial charge on any atom is 0.233 e. The van der Waals surface area contributed by atoms with Gasteiger partial charge in [0.1, 0.15) is 11.8 Å². The van der Waals surface area contributed by atoms with Crippen molar-refractivity contribution in [3.63, 3.8) is 0 Å². The van der Waals surface area contributed by atoms with Gasteiger partial charge in [-0.2, -0.15) is 4.98 Å². The number of carbonyl (C=O) groups is 1. The monoisotopic (exact) mass is 210 g/mol. The van der Waals surface area contributed by atoms with Gasteiger partial charge in [-0.25, -0.2) is 4.98 Å². The largest absolute Gasteiger partial charge is 0.480 e. The Kier molecular flexibility index (Phi) is 3.89. The second-order valence-corrected chi connectivity index (χ2v) is 2.57. The third kappa shape index (κ3) is 2.71. The lowest BCUT2D eigenvalue weighted by molar-refractivity contribution is -0.107. The molecule has 0 radical (unpaired) electrons. The van der Waals surface area contributed by atoms with Crippen molar-refractivity contribution in [3.8, 4) is 17.7 Å². The fourth-order valence-corrected chi connectivity index (χ4v) is 0.901. The summed E-state index contributed by atoms with van der Waals surface area (Å²) in [5.74, 6) is 5.64. The summed E-state index contributed by atoms with van der Waals surface area (Å²) < 4.78 is 4.93. The maximum absolute atomic E-state index is 10.0. The molecule has 0 spiro atoms. The van der Waals surface area contributed by atoms with E-state index in [1.807, 2.05) is 0 Å². The standard InChI is InChI=1S/C9H7ClN2O2/c1-14-8-7(4-2-3-5-13)6-11-9(10)12-8/h5-6H,3H2,1H3. The van der Waals surface area contributed by atoms with Gasteiger partial charge in [0.15, 0.2) is 0 Å². The van der Waals surface area contributed by atoms with Crippen LogP contribution in [0.2, 0.25) is 5.28 Å². The Morgan fingerprint density at radius 3 is 3.14 bits per heavy atom. The minimum Gasteiger partial charge on any atom is -0.480 e. The highest BCUT2D eigenvalue weighted by Gasteiger charge is 2.02. The van der Waals surface area contributed by atoms with Gasteiger partial charge in [-0.05, 0) is 11.6 Å². The number of hydrogen-bond acceptors (Lipinski definition) is 4. The van der Waals surface area contributed by atoms with E-state index in [1.54, 1.807) is 0 Å².